The third kappa shape index (κ3) is 7.06. The maximum absolute atomic E-state index is 12.6. The summed E-state index contributed by atoms with van der Waals surface area (Å²) in [4.78, 5) is 23.2. The van der Waals surface area contributed by atoms with Gasteiger partial charge in [-0.2, -0.15) is 0 Å². The molecule has 0 aromatic carbocycles. The van der Waals surface area contributed by atoms with Gasteiger partial charge in [-0.3, -0.25) is 4.79 Å². The molecule has 0 saturated heterocycles. The molecule has 130 valence electrons. The molecule has 0 saturated carbocycles. The molecule has 5 nitrogen and oxygen atoms in total. The Morgan fingerprint density at radius 1 is 1.00 bits per heavy atom. The Bertz CT molecular complexity index is 394. The van der Waals surface area contributed by atoms with Gasteiger partial charge in [-0.05, 0) is 33.4 Å². The summed E-state index contributed by atoms with van der Waals surface area (Å²) < 4.78 is 9.94. The molecule has 3 unspecified atom stereocenters. The summed E-state index contributed by atoms with van der Waals surface area (Å²) in [7, 11) is 1.85. The van der Waals surface area contributed by atoms with Gasteiger partial charge in [0.1, 0.15) is 19.3 Å². The van der Waals surface area contributed by atoms with Gasteiger partial charge in [0.2, 0.25) is 0 Å². The minimum atomic E-state index is -1.02. The molecule has 0 heterocycles. The predicted molar refractivity (Wildman–Crippen MR) is 89.7 cm³/mol. The standard InChI is InChI=1S/C16H31O5P/c1-14(2,3)10-16(7,15(4,5)6)12(18)20-8-11(17)9-21-13(19)22/h11,17H,8-10,22H2,1-7H3. The van der Waals surface area contributed by atoms with Crippen LogP contribution in [0.3, 0.4) is 0 Å². The molecule has 0 aromatic heterocycles. The molecule has 6 heteroatoms. The molecule has 0 fully saturated rings. The third-order valence-electron chi connectivity index (χ3n) is 3.81. The van der Waals surface area contributed by atoms with Crippen LogP contribution in [-0.2, 0) is 14.3 Å². The minimum Gasteiger partial charge on any atom is -0.462 e. The lowest BCUT2D eigenvalue weighted by Gasteiger charge is -2.43. The summed E-state index contributed by atoms with van der Waals surface area (Å²) in [6, 6.07) is 0. The van der Waals surface area contributed by atoms with E-state index in [0.717, 1.165) is 0 Å². The quantitative estimate of drug-likeness (QED) is 0.595. The van der Waals surface area contributed by atoms with Crippen LogP contribution in [0.25, 0.3) is 0 Å². The van der Waals surface area contributed by atoms with Crippen molar-refractivity contribution in [3.8, 4) is 0 Å². The number of rotatable bonds is 6. The zero-order valence-electron chi connectivity index (χ0n) is 14.9. The number of hydrogen-bond acceptors (Lipinski definition) is 5. The molecule has 0 aliphatic carbocycles. The molecule has 0 spiro atoms. The van der Waals surface area contributed by atoms with Crippen molar-refractivity contribution in [1.82, 2.24) is 0 Å². The summed E-state index contributed by atoms with van der Waals surface area (Å²) >= 11 is 0. The lowest BCUT2D eigenvalue weighted by Crippen LogP contribution is -2.45. The summed E-state index contributed by atoms with van der Waals surface area (Å²) in [5.41, 5.74) is -1.55. The van der Waals surface area contributed by atoms with E-state index in [1.165, 1.54) is 0 Å². The lowest BCUT2D eigenvalue weighted by molar-refractivity contribution is -0.168. The largest absolute Gasteiger partial charge is 0.462 e. The SMILES string of the molecule is CC(C)(C)CC(C)(C(=O)OCC(O)COC(=O)P)C(C)(C)C. The molecule has 0 radical (unpaired) electrons. The Hall–Kier alpha value is -0.670. The lowest BCUT2D eigenvalue weighted by atomic mass is 9.61. The molecule has 0 amide bonds. The number of esters is 1. The van der Waals surface area contributed by atoms with Crippen molar-refractivity contribution in [2.24, 2.45) is 16.2 Å². The van der Waals surface area contributed by atoms with Crippen molar-refractivity contribution in [3.05, 3.63) is 0 Å². The van der Waals surface area contributed by atoms with Crippen LogP contribution in [0.2, 0.25) is 0 Å². The monoisotopic (exact) mass is 334 g/mol. The fourth-order valence-electron chi connectivity index (χ4n) is 2.26. The number of carbonyl (C=O) groups is 2. The van der Waals surface area contributed by atoms with Crippen molar-refractivity contribution in [3.63, 3.8) is 0 Å². The van der Waals surface area contributed by atoms with Crippen LogP contribution in [-0.4, -0.2) is 36.1 Å². The molecular formula is C16H31O5P. The van der Waals surface area contributed by atoms with Crippen LogP contribution in [0, 0.1) is 16.2 Å². The maximum atomic E-state index is 12.6. The molecule has 0 aliphatic heterocycles. The summed E-state index contributed by atoms with van der Waals surface area (Å²) in [5, 5.41) is 9.68. The van der Waals surface area contributed by atoms with Crippen LogP contribution in [0.15, 0.2) is 0 Å². The van der Waals surface area contributed by atoms with Crippen molar-refractivity contribution in [1.29, 1.82) is 0 Å². The predicted octanol–water partition coefficient (Wildman–Crippen LogP) is 3.39. The average molecular weight is 334 g/mol. The molecule has 3 atom stereocenters. The van der Waals surface area contributed by atoms with Crippen molar-refractivity contribution >= 4 is 20.9 Å². The van der Waals surface area contributed by atoms with Gasteiger partial charge in [-0.15, -0.1) is 0 Å². The van der Waals surface area contributed by atoms with Crippen molar-refractivity contribution in [2.45, 2.75) is 61.0 Å². The van der Waals surface area contributed by atoms with Crippen LogP contribution < -0.4 is 0 Å². The summed E-state index contributed by atoms with van der Waals surface area (Å²) in [5.74, 6) is -0.342. The zero-order valence-corrected chi connectivity index (χ0v) is 16.0. The Morgan fingerprint density at radius 3 is 1.82 bits per heavy atom. The molecule has 22 heavy (non-hydrogen) atoms. The highest BCUT2D eigenvalue weighted by atomic mass is 31.0. The second-order valence-electron chi connectivity index (χ2n) is 8.20. The van der Waals surface area contributed by atoms with Crippen molar-refractivity contribution in [2.75, 3.05) is 13.2 Å². The van der Waals surface area contributed by atoms with E-state index in [1.54, 1.807) is 0 Å². The van der Waals surface area contributed by atoms with E-state index in [4.69, 9.17) is 4.74 Å². The minimum absolute atomic E-state index is 0.0331. The van der Waals surface area contributed by atoms with Gasteiger partial charge in [-0.1, -0.05) is 41.5 Å². The van der Waals surface area contributed by atoms with E-state index < -0.39 is 17.2 Å². The summed E-state index contributed by atoms with van der Waals surface area (Å²) in [6.45, 7) is 13.8. The molecule has 0 aromatic rings. The normalized spacial score (nSPS) is 16.6. The molecule has 0 rings (SSSR count). The molecular weight excluding hydrogens is 303 g/mol. The topological polar surface area (TPSA) is 72.8 Å². The number of aliphatic hydroxyl groups excluding tert-OH is 1. The van der Waals surface area contributed by atoms with Gasteiger partial charge in [0.15, 0.2) is 0 Å². The van der Waals surface area contributed by atoms with E-state index in [2.05, 4.69) is 25.5 Å². The highest BCUT2D eigenvalue weighted by Crippen LogP contribution is 2.47. The van der Waals surface area contributed by atoms with Crippen LogP contribution in [0.1, 0.15) is 54.9 Å². The zero-order chi connectivity index (χ0) is 17.8. The van der Waals surface area contributed by atoms with Crippen LogP contribution in [0.5, 0.6) is 0 Å². The van der Waals surface area contributed by atoms with E-state index in [9.17, 15) is 14.7 Å². The summed E-state index contributed by atoms with van der Waals surface area (Å²) in [6.07, 6.45) is -0.355. The van der Waals surface area contributed by atoms with E-state index >= 15 is 0 Å². The average Bonchev–Trinajstić information content (AvgIpc) is 2.29. The Morgan fingerprint density at radius 2 is 1.45 bits per heavy atom. The molecule has 0 bridgehead atoms. The van der Waals surface area contributed by atoms with Crippen molar-refractivity contribution < 1.29 is 24.2 Å². The number of ether oxygens (including phenoxy) is 2. The second-order valence-corrected chi connectivity index (χ2v) is 8.67. The fourth-order valence-corrected chi connectivity index (χ4v) is 2.36. The van der Waals surface area contributed by atoms with E-state index in [1.807, 2.05) is 36.9 Å². The Kier molecular flexibility index (Phi) is 7.50. The number of carbonyl (C=O) groups excluding carboxylic acids is 2. The second kappa shape index (κ2) is 7.74. The van der Waals surface area contributed by atoms with Gasteiger partial charge in [-0.25, -0.2) is 4.79 Å². The first kappa shape index (κ1) is 21.3. The maximum Gasteiger partial charge on any atom is 0.319 e. The Labute approximate surface area is 136 Å². The van der Waals surface area contributed by atoms with E-state index in [-0.39, 0.29) is 30.0 Å². The first-order chi connectivity index (χ1) is 9.69. The molecule has 0 aliphatic rings. The van der Waals surface area contributed by atoms with Gasteiger partial charge in [0.25, 0.3) is 0 Å². The fraction of sp³-hybridized carbons (Fsp3) is 0.875. The smallest absolute Gasteiger partial charge is 0.319 e. The van der Waals surface area contributed by atoms with Crippen LogP contribution >= 0.6 is 9.24 Å². The first-order valence-electron chi connectivity index (χ1n) is 7.46. The highest BCUT2D eigenvalue weighted by Gasteiger charge is 2.47. The third-order valence-corrected chi connectivity index (χ3v) is 3.98. The van der Waals surface area contributed by atoms with Gasteiger partial charge >= 0.3 is 11.7 Å². The Balaban J connectivity index is 4.83. The number of hydrogen-bond donors (Lipinski definition) is 1. The molecule has 1 N–H and O–H groups in total. The number of aliphatic hydroxyl groups is 1. The van der Waals surface area contributed by atoms with Gasteiger partial charge in [0.05, 0.1) is 5.41 Å². The first-order valence-corrected chi connectivity index (χ1v) is 8.04. The van der Waals surface area contributed by atoms with Crippen LogP contribution in [0.4, 0.5) is 4.79 Å². The van der Waals surface area contributed by atoms with Gasteiger partial charge in [0, 0.05) is 0 Å². The van der Waals surface area contributed by atoms with E-state index in [0.29, 0.717) is 6.42 Å². The highest BCUT2D eigenvalue weighted by molar-refractivity contribution is 7.39. The van der Waals surface area contributed by atoms with Gasteiger partial charge < -0.3 is 14.6 Å².